The van der Waals surface area contributed by atoms with Crippen molar-refractivity contribution in [2.75, 3.05) is 13.7 Å². The van der Waals surface area contributed by atoms with Gasteiger partial charge in [0, 0.05) is 6.54 Å². The lowest BCUT2D eigenvalue weighted by molar-refractivity contribution is -0.143. The van der Waals surface area contributed by atoms with Crippen LogP contribution in [0.25, 0.3) is 0 Å². The number of amides is 1. The first kappa shape index (κ1) is 13.7. The average molecular weight is 213 g/mol. The molecular weight excluding hydrogens is 194 g/mol. The Morgan fingerprint density at radius 2 is 2.00 bits per heavy atom. The molecule has 0 aromatic carbocycles. The molecule has 0 aliphatic rings. The molecule has 0 spiro atoms. The Kier molecular flexibility index (Phi) is 5.67. The Bertz CT molecular complexity index is 257. The highest BCUT2D eigenvalue weighted by atomic mass is 16.5. The minimum Gasteiger partial charge on any atom is -0.469 e. The number of rotatable bonds is 5. The van der Waals surface area contributed by atoms with E-state index in [1.807, 2.05) is 32.9 Å². The van der Waals surface area contributed by atoms with Gasteiger partial charge in [-0.2, -0.15) is 0 Å². The van der Waals surface area contributed by atoms with Crippen molar-refractivity contribution in [2.24, 2.45) is 5.41 Å². The second-order valence-electron chi connectivity index (χ2n) is 4.02. The fraction of sp³-hybridized carbons (Fsp3) is 0.636. The van der Waals surface area contributed by atoms with Crippen LogP contribution in [0.15, 0.2) is 12.2 Å². The van der Waals surface area contributed by atoms with Gasteiger partial charge in [0.25, 0.3) is 0 Å². The molecule has 0 radical (unpaired) electrons. The summed E-state index contributed by atoms with van der Waals surface area (Å²) in [6, 6.07) is 0. The zero-order chi connectivity index (χ0) is 11.9. The zero-order valence-electron chi connectivity index (χ0n) is 9.79. The maximum Gasteiger partial charge on any atom is 0.315 e. The molecule has 0 rings (SSSR count). The van der Waals surface area contributed by atoms with E-state index >= 15 is 0 Å². The fourth-order valence-electron chi connectivity index (χ4n) is 1.10. The highest BCUT2D eigenvalue weighted by molar-refractivity contribution is 5.94. The van der Waals surface area contributed by atoms with Crippen LogP contribution >= 0.6 is 0 Å². The van der Waals surface area contributed by atoms with Crippen LogP contribution in [0.1, 0.15) is 27.2 Å². The van der Waals surface area contributed by atoms with Gasteiger partial charge in [0.2, 0.25) is 5.91 Å². The van der Waals surface area contributed by atoms with Gasteiger partial charge in [0.15, 0.2) is 0 Å². The largest absolute Gasteiger partial charge is 0.469 e. The van der Waals surface area contributed by atoms with E-state index in [1.165, 1.54) is 7.11 Å². The van der Waals surface area contributed by atoms with Gasteiger partial charge in [0.05, 0.1) is 7.11 Å². The van der Waals surface area contributed by atoms with E-state index < -0.39 is 5.97 Å². The molecule has 0 atom stereocenters. The lowest BCUT2D eigenvalue weighted by atomic mass is 9.93. The second-order valence-corrected chi connectivity index (χ2v) is 4.02. The standard InChI is InChI=1S/C11H19NO3/c1-5-6-11(2,3)8-12-9(13)7-10(14)15-4/h5-6H,7-8H2,1-4H3,(H,12,13). The topological polar surface area (TPSA) is 55.4 Å². The summed E-state index contributed by atoms with van der Waals surface area (Å²) in [5, 5.41) is 2.68. The number of nitrogens with one attached hydrogen (secondary N) is 1. The molecule has 0 fully saturated rings. The van der Waals surface area contributed by atoms with E-state index in [0.717, 1.165) is 0 Å². The third-order valence-electron chi connectivity index (χ3n) is 1.89. The number of allylic oxidation sites excluding steroid dienone is 1. The molecule has 0 aliphatic heterocycles. The smallest absolute Gasteiger partial charge is 0.315 e. The van der Waals surface area contributed by atoms with Crippen molar-refractivity contribution in [1.29, 1.82) is 0 Å². The third kappa shape index (κ3) is 6.71. The van der Waals surface area contributed by atoms with E-state index in [1.54, 1.807) is 0 Å². The number of hydrogen-bond acceptors (Lipinski definition) is 3. The van der Waals surface area contributed by atoms with E-state index in [0.29, 0.717) is 6.54 Å². The summed E-state index contributed by atoms with van der Waals surface area (Å²) in [4.78, 5) is 22.0. The molecule has 4 nitrogen and oxygen atoms in total. The van der Waals surface area contributed by atoms with Crippen molar-refractivity contribution in [3.63, 3.8) is 0 Å². The SMILES string of the molecule is CC=CC(C)(C)CNC(=O)CC(=O)OC. The number of ether oxygens (including phenoxy) is 1. The van der Waals surface area contributed by atoms with E-state index in [4.69, 9.17) is 0 Å². The van der Waals surface area contributed by atoms with Crippen LogP contribution in [0.4, 0.5) is 0 Å². The molecule has 15 heavy (non-hydrogen) atoms. The molecular formula is C11H19NO3. The molecule has 1 N–H and O–H groups in total. The lowest BCUT2D eigenvalue weighted by Gasteiger charge is -2.20. The van der Waals surface area contributed by atoms with Gasteiger partial charge >= 0.3 is 5.97 Å². The lowest BCUT2D eigenvalue weighted by Crippen LogP contribution is -2.34. The van der Waals surface area contributed by atoms with Gasteiger partial charge in [-0.15, -0.1) is 0 Å². The number of carbonyl (C=O) groups is 2. The van der Waals surface area contributed by atoms with Crippen molar-refractivity contribution in [1.82, 2.24) is 5.32 Å². The van der Waals surface area contributed by atoms with Crippen LogP contribution < -0.4 is 5.32 Å². The van der Waals surface area contributed by atoms with Gasteiger partial charge in [-0.05, 0) is 12.3 Å². The second kappa shape index (κ2) is 6.22. The summed E-state index contributed by atoms with van der Waals surface area (Å²) >= 11 is 0. The molecule has 0 aromatic heterocycles. The summed E-state index contributed by atoms with van der Waals surface area (Å²) in [5.74, 6) is -0.823. The van der Waals surface area contributed by atoms with E-state index in [2.05, 4.69) is 10.1 Å². The molecule has 1 amide bonds. The van der Waals surface area contributed by atoms with Crippen LogP contribution in [-0.4, -0.2) is 25.5 Å². The molecule has 4 heteroatoms. The first-order valence-electron chi connectivity index (χ1n) is 4.88. The maximum absolute atomic E-state index is 11.2. The predicted octanol–water partition coefficient (Wildman–Crippen LogP) is 1.27. The Balaban J connectivity index is 3.95. The summed E-state index contributed by atoms with van der Waals surface area (Å²) in [6.45, 7) is 6.45. The van der Waals surface area contributed by atoms with Crippen LogP contribution in [0.3, 0.4) is 0 Å². The number of carbonyl (C=O) groups excluding carboxylic acids is 2. The molecule has 0 unspecified atom stereocenters. The van der Waals surface area contributed by atoms with Crippen LogP contribution in [-0.2, 0) is 14.3 Å². The number of hydrogen-bond donors (Lipinski definition) is 1. The molecule has 0 heterocycles. The number of methoxy groups -OCH3 is 1. The molecule has 86 valence electrons. The molecule has 0 aromatic rings. The molecule has 0 bridgehead atoms. The minimum atomic E-state index is -0.517. The highest BCUT2D eigenvalue weighted by Gasteiger charge is 2.16. The van der Waals surface area contributed by atoms with Crippen LogP contribution in [0.5, 0.6) is 0 Å². The highest BCUT2D eigenvalue weighted by Crippen LogP contribution is 2.14. The zero-order valence-corrected chi connectivity index (χ0v) is 9.79. The van der Waals surface area contributed by atoms with E-state index in [9.17, 15) is 9.59 Å². The van der Waals surface area contributed by atoms with Gasteiger partial charge in [-0.3, -0.25) is 9.59 Å². The monoisotopic (exact) mass is 213 g/mol. The first-order chi connectivity index (χ1) is 6.91. The van der Waals surface area contributed by atoms with Crippen molar-refractivity contribution in [2.45, 2.75) is 27.2 Å². The Labute approximate surface area is 90.7 Å². The quantitative estimate of drug-likeness (QED) is 0.425. The van der Waals surface area contributed by atoms with Crippen molar-refractivity contribution >= 4 is 11.9 Å². The average Bonchev–Trinajstić information content (AvgIpc) is 2.15. The Morgan fingerprint density at radius 1 is 1.40 bits per heavy atom. The molecule has 0 saturated heterocycles. The molecule has 0 saturated carbocycles. The fourth-order valence-corrected chi connectivity index (χ4v) is 1.10. The minimum absolute atomic E-state index is 0.0967. The van der Waals surface area contributed by atoms with Gasteiger partial charge in [-0.25, -0.2) is 0 Å². The molecule has 0 aliphatic carbocycles. The predicted molar refractivity (Wildman–Crippen MR) is 58.2 cm³/mol. The summed E-state index contributed by atoms with van der Waals surface area (Å²) in [7, 11) is 1.26. The summed E-state index contributed by atoms with van der Waals surface area (Å²) in [6.07, 6.45) is 3.72. The van der Waals surface area contributed by atoms with Gasteiger partial charge in [0.1, 0.15) is 6.42 Å². The van der Waals surface area contributed by atoms with Crippen molar-refractivity contribution in [3.8, 4) is 0 Å². The van der Waals surface area contributed by atoms with E-state index in [-0.39, 0.29) is 17.7 Å². The van der Waals surface area contributed by atoms with Crippen molar-refractivity contribution < 1.29 is 14.3 Å². The summed E-state index contributed by atoms with van der Waals surface area (Å²) < 4.78 is 4.39. The van der Waals surface area contributed by atoms with Crippen LogP contribution in [0.2, 0.25) is 0 Å². The van der Waals surface area contributed by atoms with Gasteiger partial charge in [-0.1, -0.05) is 26.0 Å². The third-order valence-corrected chi connectivity index (χ3v) is 1.89. The number of esters is 1. The van der Waals surface area contributed by atoms with Crippen molar-refractivity contribution in [3.05, 3.63) is 12.2 Å². The first-order valence-corrected chi connectivity index (χ1v) is 4.88. The van der Waals surface area contributed by atoms with Crippen LogP contribution in [0, 0.1) is 5.41 Å². The Morgan fingerprint density at radius 3 is 2.47 bits per heavy atom. The van der Waals surface area contributed by atoms with Gasteiger partial charge < -0.3 is 10.1 Å². The normalized spacial score (nSPS) is 11.5. The Hall–Kier alpha value is -1.32. The summed E-state index contributed by atoms with van der Waals surface area (Å²) in [5.41, 5.74) is -0.0967. The maximum atomic E-state index is 11.2.